The number of carboxylic acids is 2. The molecule has 2 aliphatic rings. The molecule has 4 rings (SSSR count). The Kier molecular flexibility index (Phi) is 11.2. The van der Waals surface area contributed by atoms with Gasteiger partial charge in [-0.1, -0.05) is 30.3 Å². The number of carbonyl (C=O) groups excluding carboxylic acids is 1. The molecule has 2 aliphatic heterocycles. The van der Waals surface area contributed by atoms with E-state index in [2.05, 4.69) is 15.2 Å². The number of rotatable bonds is 4. The molecular formula is C24H25F6N3O7S. The molecule has 10 nitrogen and oxygen atoms in total. The molecule has 0 unspecified atom stereocenters. The third kappa shape index (κ3) is 10.3. The number of benzene rings is 1. The lowest BCUT2D eigenvalue weighted by molar-refractivity contribution is -0.193. The highest BCUT2D eigenvalue weighted by molar-refractivity contribution is 7.92. The van der Waals surface area contributed by atoms with E-state index in [-0.39, 0.29) is 23.5 Å². The van der Waals surface area contributed by atoms with Crippen molar-refractivity contribution in [3.05, 3.63) is 60.4 Å². The Hall–Kier alpha value is -3.73. The average molecular weight is 614 g/mol. The van der Waals surface area contributed by atoms with E-state index in [0.29, 0.717) is 31.7 Å². The number of aromatic nitrogens is 1. The van der Waals surface area contributed by atoms with E-state index in [1.54, 1.807) is 24.5 Å². The predicted octanol–water partition coefficient (Wildman–Crippen LogP) is 3.22. The number of fused-ring (bicyclic) bond motifs is 1. The highest BCUT2D eigenvalue weighted by Gasteiger charge is 2.50. The number of carboxylic acid groups (broad SMARTS) is 2. The van der Waals surface area contributed by atoms with Gasteiger partial charge in [0.2, 0.25) is 5.91 Å². The highest BCUT2D eigenvalue weighted by Crippen LogP contribution is 2.38. The molecule has 2 aromatic rings. The van der Waals surface area contributed by atoms with Crippen molar-refractivity contribution in [3.63, 3.8) is 0 Å². The first-order valence-corrected chi connectivity index (χ1v) is 13.4. The first-order valence-electron chi connectivity index (χ1n) is 11.7. The molecule has 1 aromatic carbocycles. The normalized spacial score (nSPS) is 21.7. The summed E-state index contributed by atoms with van der Waals surface area (Å²) in [5, 5.41) is 16.7. The zero-order chi connectivity index (χ0) is 31.0. The molecule has 2 saturated heterocycles. The lowest BCUT2D eigenvalue weighted by Gasteiger charge is -2.31. The number of nitrogens with one attached hydrogen (secondary N) is 1. The molecule has 0 radical (unpaired) electrons. The lowest BCUT2D eigenvalue weighted by atomic mass is 9.87. The average Bonchev–Trinajstić information content (AvgIpc) is 3.30. The van der Waals surface area contributed by atoms with Crippen LogP contribution in [-0.4, -0.2) is 82.8 Å². The summed E-state index contributed by atoms with van der Waals surface area (Å²) in [4.78, 5) is 36.8. The minimum absolute atomic E-state index is 0.0818. The van der Waals surface area contributed by atoms with E-state index >= 15 is 0 Å². The summed E-state index contributed by atoms with van der Waals surface area (Å²) in [5.41, 5.74) is 1.80. The van der Waals surface area contributed by atoms with Gasteiger partial charge >= 0.3 is 24.3 Å². The highest BCUT2D eigenvalue weighted by atomic mass is 32.2. The van der Waals surface area contributed by atoms with Gasteiger partial charge in [-0.3, -0.25) is 14.7 Å². The number of aliphatic carboxylic acids is 2. The van der Waals surface area contributed by atoms with Gasteiger partial charge in [0.15, 0.2) is 9.84 Å². The first-order chi connectivity index (χ1) is 18.9. The smallest absolute Gasteiger partial charge is 0.475 e. The van der Waals surface area contributed by atoms with E-state index < -0.39 is 39.4 Å². The number of pyridine rings is 1. The van der Waals surface area contributed by atoms with Gasteiger partial charge in [0, 0.05) is 37.7 Å². The third-order valence-electron chi connectivity index (χ3n) is 6.08. The van der Waals surface area contributed by atoms with Gasteiger partial charge in [-0.25, -0.2) is 18.0 Å². The molecule has 3 heterocycles. The summed E-state index contributed by atoms with van der Waals surface area (Å²) in [7, 11) is -3.16. The van der Waals surface area contributed by atoms with Crippen LogP contribution in [0.1, 0.15) is 12.0 Å². The number of amides is 1. The monoisotopic (exact) mass is 613 g/mol. The fraction of sp³-hybridized carbons (Fsp3) is 0.417. The molecule has 1 amide bonds. The van der Waals surface area contributed by atoms with Crippen molar-refractivity contribution in [2.75, 3.05) is 24.2 Å². The van der Waals surface area contributed by atoms with Crippen LogP contribution in [0.4, 0.5) is 32.0 Å². The second kappa shape index (κ2) is 13.8. The summed E-state index contributed by atoms with van der Waals surface area (Å²) in [5.74, 6) is -5.99. The number of alkyl halides is 6. The fourth-order valence-electron chi connectivity index (χ4n) is 4.27. The molecule has 41 heavy (non-hydrogen) atoms. The zero-order valence-electron chi connectivity index (χ0n) is 21.0. The van der Waals surface area contributed by atoms with Crippen molar-refractivity contribution in [2.24, 2.45) is 11.8 Å². The van der Waals surface area contributed by atoms with Crippen molar-refractivity contribution in [1.29, 1.82) is 0 Å². The van der Waals surface area contributed by atoms with Crippen LogP contribution in [0.25, 0.3) is 0 Å². The molecular weight excluding hydrogens is 588 g/mol. The van der Waals surface area contributed by atoms with E-state index in [1.165, 1.54) is 0 Å². The van der Waals surface area contributed by atoms with Crippen LogP contribution in [0.2, 0.25) is 0 Å². The number of hydrogen-bond donors (Lipinski definition) is 3. The molecule has 0 spiro atoms. The maximum atomic E-state index is 12.8. The van der Waals surface area contributed by atoms with Gasteiger partial charge in [-0.05, 0) is 24.1 Å². The van der Waals surface area contributed by atoms with Gasteiger partial charge in [-0.2, -0.15) is 26.3 Å². The summed E-state index contributed by atoms with van der Waals surface area (Å²) in [6, 6.07) is 13.6. The largest absolute Gasteiger partial charge is 0.490 e. The summed E-state index contributed by atoms with van der Waals surface area (Å²) in [6.07, 6.45) is -6.53. The number of hydrogen-bond acceptors (Lipinski definition) is 7. The van der Waals surface area contributed by atoms with E-state index in [0.717, 1.165) is 5.56 Å². The minimum atomic E-state index is -5.08. The second-order valence-electron chi connectivity index (χ2n) is 8.98. The Morgan fingerprint density at radius 3 is 1.98 bits per heavy atom. The molecule has 0 saturated carbocycles. The lowest BCUT2D eigenvalue weighted by Crippen LogP contribution is -2.45. The summed E-state index contributed by atoms with van der Waals surface area (Å²) in [6.45, 7) is 1.84. The molecule has 17 heteroatoms. The summed E-state index contributed by atoms with van der Waals surface area (Å²) < 4.78 is 88.7. The maximum Gasteiger partial charge on any atom is 0.490 e. The van der Waals surface area contributed by atoms with Crippen molar-refractivity contribution >= 4 is 33.4 Å². The molecule has 0 aliphatic carbocycles. The first kappa shape index (κ1) is 33.5. The van der Waals surface area contributed by atoms with Crippen molar-refractivity contribution < 1.29 is 59.4 Å². The van der Waals surface area contributed by atoms with Crippen molar-refractivity contribution in [3.8, 4) is 0 Å². The Morgan fingerprint density at radius 2 is 1.49 bits per heavy atom. The topological polar surface area (TPSA) is 154 Å². The van der Waals surface area contributed by atoms with Crippen LogP contribution in [-0.2, 0) is 30.8 Å². The van der Waals surface area contributed by atoms with Gasteiger partial charge in [-0.15, -0.1) is 0 Å². The van der Waals surface area contributed by atoms with Crippen LogP contribution in [0, 0.1) is 11.8 Å². The van der Waals surface area contributed by atoms with Gasteiger partial charge in [0.1, 0.15) is 0 Å². The van der Waals surface area contributed by atoms with E-state index in [1.807, 2.05) is 30.3 Å². The SMILES string of the molecule is O=C(Nc1cccnc1)[C@@H]1CCS(=O)(=O)[C@@H]2CN(Cc3ccccc3)C[C@@H]21.O=C(O)C(F)(F)F.O=C(O)C(F)(F)F. The minimum Gasteiger partial charge on any atom is -0.475 e. The maximum absolute atomic E-state index is 12.8. The Labute approximate surface area is 229 Å². The van der Waals surface area contributed by atoms with Gasteiger partial charge in [0.05, 0.1) is 22.9 Å². The number of nitrogens with zero attached hydrogens (tertiary/aromatic N) is 2. The quantitative estimate of drug-likeness (QED) is 0.441. The third-order valence-corrected chi connectivity index (χ3v) is 8.30. The predicted molar refractivity (Wildman–Crippen MR) is 131 cm³/mol. The number of halogens is 6. The molecule has 0 bridgehead atoms. The Bertz CT molecular complexity index is 1270. The Morgan fingerprint density at radius 1 is 0.927 bits per heavy atom. The van der Waals surface area contributed by atoms with Crippen LogP contribution in [0.15, 0.2) is 54.9 Å². The number of likely N-dealkylation sites (tertiary alicyclic amines) is 1. The van der Waals surface area contributed by atoms with Gasteiger partial charge < -0.3 is 15.5 Å². The zero-order valence-corrected chi connectivity index (χ0v) is 21.8. The second-order valence-corrected chi connectivity index (χ2v) is 11.3. The van der Waals surface area contributed by atoms with Crippen molar-refractivity contribution in [2.45, 2.75) is 30.6 Å². The molecule has 226 valence electrons. The summed E-state index contributed by atoms with van der Waals surface area (Å²) >= 11 is 0. The molecule has 3 N–H and O–H groups in total. The van der Waals surface area contributed by atoms with Gasteiger partial charge in [0.25, 0.3) is 0 Å². The standard InChI is InChI=1S/C20H23N3O3S.2C2HF3O2/c24-20(22-16-7-4-9-21-11-16)17-8-10-27(25,26)19-14-23(13-18(17)19)12-15-5-2-1-3-6-15;2*3-2(4,5)1(6)7/h1-7,9,11,17-19H,8,10,12-14H2,(H,22,24);2*(H,6,7)/t17-,18-,19-;;/m1../s1. The number of carbonyl (C=O) groups is 3. The molecule has 3 atom stereocenters. The number of anilines is 1. The Balaban J connectivity index is 0.000000349. The van der Waals surface area contributed by atoms with Crippen LogP contribution in [0.3, 0.4) is 0 Å². The molecule has 2 fully saturated rings. The van der Waals surface area contributed by atoms with Crippen LogP contribution in [0.5, 0.6) is 0 Å². The van der Waals surface area contributed by atoms with E-state index in [4.69, 9.17) is 19.8 Å². The van der Waals surface area contributed by atoms with Crippen LogP contribution < -0.4 is 5.32 Å². The number of sulfone groups is 1. The fourth-order valence-corrected chi connectivity index (χ4v) is 6.40. The van der Waals surface area contributed by atoms with E-state index in [9.17, 15) is 39.6 Å². The molecule has 1 aromatic heterocycles. The van der Waals surface area contributed by atoms with Crippen molar-refractivity contribution in [1.82, 2.24) is 9.88 Å². The van der Waals surface area contributed by atoms with Crippen LogP contribution >= 0.6 is 0 Å².